The molecule has 0 atom stereocenters. The van der Waals surface area contributed by atoms with Crippen molar-refractivity contribution in [3.05, 3.63) is 41.1 Å². The number of hydrogen-bond acceptors (Lipinski definition) is 4. The Morgan fingerprint density at radius 3 is 3.04 bits per heavy atom. The van der Waals surface area contributed by atoms with Crippen molar-refractivity contribution in [3.8, 4) is 6.07 Å². The van der Waals surface area contributed by atoms with Crippen LogP contribution in [0, 0.1) is 11.3 Å². The van der Waals surface area contributed by atoms with Gasteiger partial charge in [-0.15, -0.1) is 0 Å². The maximum Gasteiger partial charge on any atom is 0.193 e. The molecule has 23 heavy (non-hydrogen) atoms. The number of benzene rings is 1. The first-order valence-electron chi connectivity index (χ1n) is 7.52. The maximum absolute atomic E-state index is 8.99. The number of aliphatic imine (C=N–C) groups is 1. The lowest BCUT2D eigenvalue weighted by atomic mass is 10.1. The topological polar surface area (TPSA) is 129 Å². The molecular weight excluding hydrogens is 290 g/mol. The van der Waals surface area contributed by atoms with Crippen LogP contribution in [0.5, 0.6) is 0 Å². The quantitative estimate of drug-likeness (QED) is 0.367. The molecule has 0 saturated heterocycles. The van der Waals surface area contributed by atoms with Gasteiger partial charge in [-0.25, -0.2) is 0 Å². The SMILES string of the molecule is CCc1cccc(NC(N)=NCCCc2[nH]nc(N)c2C#N)c1. The predicted molar refractivity (Wildman–Crippen MR) is 92.0 cm³/mol. The van der Waals surface area contributed by atoms with Crippen LogP contribution in [0.25, 0.3) is 0 Å². The summed E-state index contributed by atoms with van der Waals surface area (Å²) in [6, 6.07) is 10.1. The van der Waals surface area contributed by atoms with E-state index in [-0.39, 0.29) is 5.82 Å². The number of rotatable bonds is 6. The van der Waals surface area contributed by atoms with E-state index in [1.807, 2.05) is 18.2 Å². The average molecular weight is 311 g/mol. The van der Waals surface area contributed by atoms with Crippen molar-refractivity contribution < 1.29 is 0 Å². The third kappa shape index (κ3) is 4.48. The van der Waals surface area contributed by atoms with E-state index in [1.54, 1.807) is 0 Å². The number of aryl methyl sites for hydroxylation is 2. The lowest BCUT2D eigenvalue weighted by Crippen LogP contribution is -2.23. The fourth-order valence-corrected chi connectivity index (χ4v) is 2.21. The lowest BCUT2D eigenvalue weighted by Gasteiger charge is -2.07. The summed E-state index contributed by atoms with van der Waals surface area (Å²) in [5.41, 5.74) is 14.8. The van der Waals surface area contributed by atoms with E-state index < -0.39 is 0 Å². The highest BCUT2D eigenvalue weighted by atomic mass is 15.2. The molecule has 0 saturated carbocycles. The summed E-state index contributed by atoms with van der Waals surface area (Å²) in [5, 5.41) is 18.7. The van der Waals surface area contributed by atoms with Crippen molar-refractivity contribution in [3.63, 3.8) is 0 Å². The van der Waals surface area contributed by atoms with Gasteiger partial charge in [0.2, 0.25) is 0 Å². The number of nitriles is 1. The Kier molecular flexibility index (Phi) is 5.58. The summed E-state index contributed by atoms with van der Waals surface area (Å²) in [6.07, 6.45) is 2.37. The first-order valence-corrected chi connectivity index (χ1v) is 7.52. The van der Waals surface area contributed by atoms with Crippen LogP contribution in [-0.4, -0.2) is 22.7 Å². The Morgan fingerprint density at radius 1 is 1.48 bits per heavy atom. The Bertz CT molecular complexity index is 724. The van der Waals surface area contributed by atoms with E-state index in [0.29, 0.717) is 24.5 Å². The Morgan fingerprint density at radius 2 is 2.30 bits per heavy atom. The number of guanidine groups is 1. The normalized spacial score (nSPS) is 11.2. The Balaban J connectivity index is 1.84. The second-order valence-corrected chi connectivity index (χ2v) is 5.12. The van der Waals surface area contributed by atoms with Crippen LogP contribution < -0.4 is 16.8 Å². The molecule has 7 heteroatoms. The average Bonchev–Trinajstić information content (AvgIpc) is 2.91. The minimum Gasteiger partial charge on any atom is -0.381 e. The van der Waals surface area contributed by atoms with Crippen molar-refractivity contribution in [1.82, 2.24) is 10.2 Å². The van der Waals surface area contributed by atoms with Gasteiger partial charge in [-0.1, -0.05) is 19.1 Å². The molecule has 0 radical (unpaired) electrons. The zero-order valence-electron chi connectivity index (χ0n) is 13.1. The molecule has 7 nitrogen and oxygen atoms in total. The van der Waals surface area contributed by atoms with Crippen molar-refractivity contribution in [2.75, 3.05) is 17.6 Å². The van der Waals surface area contributed by atoms with Gasteiger partial charge in [-0.05, 0) is 37.0 Å². The van der Waals surface area contributed by atoms with Crippen LogP contribution in [0.1, 0.15) is 30.2 Å². The van der Waals surface area contributed by atoms with Gasteiger partial charge in [0.25, 0.3) is 0 Å². The number of anilines is 2. The minimum absolute atomic E-state index is 0.239. The van der Waals surface area contributed by atoms with Crippen LogP contribution in [0.4, 0.5) is 11.5 Å². The highest BCUT2D eigenvalue weighted by Crippen LogP contribution is 2.13. The largest absolute Gasteiger partial charge is 0.381 e. The number of H-pyrrole nitrogens is 1. The van der Waals surface area contributed by atoms with Gasteiger partial charge < -0.3 is 16.8 Å². The first-order chi connectivity index (χ1) is 11.1. The number of nitrogens with zero attached hydrogens (tertiary/aromatic N) is 3. The summed E-state index contributed by atoms with van der Waals surface area (Å²) in [5.74, 6) is 0.617. The number of aromatic amines is 1. The molecule has 120 valence electrons. The van der Waals surface area contributed by atoms with E-state index in [0.717, 1.165) is 24.2 Å². The summed E-state index contributed by atoms with van der Waals surface area (Å²) < 4.78 is 0. The highest BCUT2D eigenvalue weighted by molar-refractivity contribution is 5.92. The van der Waals surface area contributed by atoms with Gasteiger partial charge >= 0.3 is 0 Å². The lowest BCUT2D eigenvalue weighted by molar-refractivity contribution is 0.802. The molecule has 1 heterocycles. The number of aromatic nitrogens is 2. The van der Waals surface area contributed by atoms with E-state index in [1.165, 1.54) is 5.56 Å². The number of nitrogens with two attached hydrogens (primary N) is 2. The second kappa shape index (κ2) is 7.84. The smallest absolute Gasteiger partial charge is 0.193 e. The van der Waals surface area contributed by atoms with Gasteiger partial charge in [0.15, 0.2) is 11.8 Å². The van der Waals surface area contributed by atoms with Crippen LogP contribution in [0.15, 0.2) is 29.3 Å². The molecule has 6 N–H and O–H groups in total. The van der Waals surface area contributed by atoms with Gasteiger partial charge in [-0.3, -0.25) is 10.1 Å². The molecule has 0 aliphatic rings. The van der Waals surface area contributed by atoms with Gasteiger partial charge in [0.1, 0.15) is 11.6 Å². The fraction of sp³-hybridized carbons (Fsp3) is 0.312. The molecule has 2 aromatic rings. The number of nitrogens with one attached hydrogen (secondary N) is 2. The monoisotopic (exact) mass is 311 g/mol. The van der Waals surface area contributed by atoms with Crippen molar-refractivity contribution in [1.29, 1.82) is 5.26 Å². The van der Waals surface area contributed by atoms with Crippen molar-refractivity contribution in [2.45, 2.75) is 26.2 Å². The van der Waals surface area contributed by atoms with Gasteiger partial charge in [-0.2, -0.15) is 10.4 Å². The summed E-state index contributed by atoms with van der Waals surface area (Å²) in [7, 11) is 0. The van der Waals surface area contributed by atoms with Crippen LogP contribution >= 0.6 is 0 Å². The molecule has 2 rings (SSSR count). The summed E-state index contributed by atoms with van der Waals surface area (Å²) in [6.45, 7) is 2.66. The van der Waals surface area contributed by atoms with E-state index in [2.05, 4.69) is 39.6 Å². The molecule has 0 unspecified atom stereocenters. The molecule has 0 spiro atoms. The van der Waals surface area contributed by atoms with Crippen LogP contribution in [0.3, 0.4) is 0 Å². The van der Waals surface area contributed by atoms with E-state index >= 15 is 0 Å². The molecule has 0 aliphatic carbocycles. The third-order valence-electron chi connectivity index (χ3n) is 3.46. The molecule has 0 fully saturated rings. The summed E-state index contributed by atoms with van der Waals surface area (Å²) >= 11 is 0. The van der Waals surface area contributed by atoms with Crippen molar-refractivity contribution in [2.24, 2.45) is 10.7 Å². The van der Waals surface area contributed by atoms with E-state index in [4.69, 9.17) is 16.7 Å². The van der Waals surface area contributed by atoms with Crippen LogP contribution in [-0.2, 0) is 12.8 Å². The fourth-order valence-electron chi connectivity index (χ4n) is 2.21. The summed E-state index contributed by atoms with van der Waals surface area (Å²) in [4.78, 5) is 4.29. The highest BCUT2D eigenvalue weighted by Gasteiger charge is 2.09. The maximum atomic E-state index is 8.99. The van der Waals surface area contributed by atoms with Gasteiger partial charge in [0, 0.05) is 12.2 Å². The third-order valence-corrected chi connectivity index (χ3v) is 3.46. The molecule has 0 aliphatic heterocycles. The zero-order valence-corrected chi connectivity index (χ0v) is 13.1. The second-order valence-electron chi connectivity index (χ2n) is 5.12. The van der Waals surface area contributed by atoms with Gasteiger partial charge in [0.05, 0.1) is 5.69 Å². The predicted octanol–water partition coefficient (Wildman–Crippen LogP) is 1.79. The Labute approximate surface area is 135 Å². The molecule has 0 amide bonds. The molecule has 1 aromatic heterocycles. The van der Waals surface area contributed by atoms with Crippen molar-refractivity contribution >= 4 is 17.5 Å². The number of nitrogen functional groups attached to an aromatic ring is 1. The molecule has 0 bridgehead atoms. The zero-order chi connectivity index (χ0) is 16.7. The first kappa shape index (κ1) is 16.4. The number of hydrogen-bond donors (Lipinski definition) is 4. The molecule has 1 aromatic carbocycles. The Hall–Kier alpha value is -3.01. The molecular formula is C16H21N7. The standard InChI is InChI=1S/C16H21N7/c1-2-11-5-3-6-12(9-11)21-16(19)20-8-4-7-14-13(10-17)15(18)23-22-14/h3,5-6,9H,2,4,7-8H2,1H3,(H3,18,22,23)(H3,19,20,21). The van der Waals surface area contributed by atoms with E-state index in [9.17, 15) is 0 Å². The minimum atomic E-state index is 0.239. The van der Waals surface area contributed by atoms with Crippen LogP contribution in [0.2, 0.25) is 0 Å².